The van der Waals surface area contributed by atoms with Gasteiger partial charge in [0.25, 0.3) is 0 Å². The van der Waals surface area contributed by atoms with E-state index in [9.17, 15) is 26.9 Å². The summed E-state index contributed by atoms with van der Waals surface area (Å²) in [5.74, 6) is 0. The van der Waals surface area contributed by atoms with Crippen molar-refractivity contribution < 1.29 is 22.0 Å². The molecule has 0 saturated carbocycles. The highest BCUT2D eigenvalue weighted by Crippen LogP contribution is 2.42. The molecule has 10 nitrogen and oxygen atoms in total. The Labute approximate surface area is 147 Å². The molecule has 0 radical (unpaired) electrons. The number of nitrogens with two attached hydrogens (primary N) is 2. The van der Waals surface area contributed by atoms with Crippen LogP contribution in [0.25, 0.3) is 21.5 Å². The van der Waals surface area contributed by atoms with Gasteiger partial charge < -0.3 is 0 Å². The molecule has 0 spiro atoms. The van der Waals surface area contributed by atoms with Gasteiger partial charge in [-0.15, -0.1) is 4.91 Å². The largest absolute Gasteiger partial charge is 0.291 e. The first-order valence-corrected chi connectivity index (χ1v) is 9.99. The highest BCUT2D eigenvalue weighted by molar-refractivity contribution is 7.89. The first-order valence-electron chi connectivity index (χ1n) is 6.90. The summed E-state index contributed by atoms with van der Waals surface area (Å²) in [7, 11) is -8.13. The molecule has 136 valence electrons. The molecule has 26 heavy (non-hydrogen) atoms. The average molecular weight is 396 g/mol. The van der Waals surface area contributed by atoms with E-state index in [4.69, 9.17) is 10.3 Å². The Bertz CT molecular complexity index is 1190. The van der Waals surface area contributed by atoms with Gasteiger partial charge in [0.1, 0.15) is 5.69 Å². The van der Waals surface area contributed by atoms with E-state index in [-0.39, 0.29) is 42.7 Å². The summed E-state index contributed by atoms with van der Waals surface area (Å²) in [5.41, 5.74) is 1.89. The van der Waals surface area contributed by atoms with Crippen molar-refractivity contribution in [1.82, 2.24) is 0 Å². The Hall–Kier alpha value is -2.64. The highest BCUT2D eigenvalue weighted by atomic mass is 32.2. The van der Waals surface area contributed by atoms with E-state index in [2.05, 4.69) is 5.18 Å². The van der Waals surface area contributed by atoms with Gasteiger partial charge in [0.2, 0.25) is 20.0 Å². The number of hydrogen-bond acceptors (Lipinski definition) is 8. The van der Waals surface area contributed by atoms with E-state index in [0.717, 1.165) is 12.1 Å². The third-order valence-electron chi connectivity index (χ3n) is 3.89. The molecule has 6 N–H and O–H groups in total. The standard InChI is InChI=1S/C14H12N4O6S2/c15-25(21,22)7-1-3-9-11(5-7)14(18-20)12-6-8(26(16,23)24)2-4-10(12)13(9)17-19/h1-6,17,19H,(H2,15,21,22)(H2,16,23,24). The van der Waals surface area contributed by atoms with E-state index in [1.165, 1.54) is 24.3 Å². The number of primary sulfonamides is 2. The second kappa shape index (κ2) is 5.96. The van der Waals surface area contributed by atoms with Gasteiger partial charge in [-0.05, 0) is 29.4 Å². The third kappa shape index (κ3) is 2.89. The van der Waals surface area contributed by atoms with Crippen molar-refractivity contribution in [2.45, 2.75) is 9.79 Å². The first-order chi connectivity index (χ1) is 12.1. The van der Waals surface area contributed by atoms with Gasteiger partial charge in [-0.25, -0.2) is 27.1 Å². The van der Waals surface area contributed by atoms with Crippen LogP contribution in [0.5, 0.6) is 0 Å². The van der Waals surface area contributed by atoms with Crippen LogP contribution in [-0.4, -0.2) is 22.0 Å². The zero-order valence-corrected chi connectivity index (χ0v) is 14.5. The van der Waals surface area contributed by atoms with Crippen LogP contribution in [0.3, 0.4) is 0 Å². The molecule has 3 aromatic rings. The van der Waals surface area contributed by atoms with E-state index in [1.54, 1.807) is 0 Å². The maximum absolute atomic E-state index is 11.6. The molecule has 0 atom stereocenters. The lowest BCUT2D eigenvalue weighted by Gasteiger charge is -2.13. The molecule has 0 unspecified atom stereocenters. The minimum absolute atomic E-state index is 0.0575. The van der Waals surface area contributed by atoms with Gasteiger partial charge in [0.05, 0.1) is 15.5 Å². The van der Waals surface area contributed by atoms with Gasteiger partial charge in [-0.3, -0.25) is 10.7 Å². The smallest absolute Gasteiger partial charge is 0.238 e. The zero-order chi connectivity index (χ0) is 19.3. The summed E-state index contributed by atoms with van der Waals surface area (Å²) in [6, 6.07) is 7.33. The summed E-state index contributed by atoms with van der Waals surface area (Å²) < 4.78 is 46.4. The maximum atomic E-state index is 11.6. The van der Waals surface area contributed by atoms with Crippen LogP contribution in [0.2, 0.25) is 0 Å². The van der Waals surface area contributed by atoms with Crippen LogP contribution in [0.1, 0.15) is 0 Å². The van der Waals surface area contributed by atoms with E-state index >= 15 is 0 Å². The van der Waals surface area contributed by atoms with Crippen LogP contribution in [0, 0.1) is 4.91 Å². The molecular weight excluding hydrogens is 384 g/mol. The number of nitrogens with one attached hydrogen (secondary N) is 1. The average Bonchev–Trinajstić information content (AvgIpc) is 2.56. The number of sulfonamides is 2. The first kappa shape index (κ1) is 18.2. The Morgan fingerprint density at radius 2 is 1.23 bits per heavy atom. The number of hydrogen-bond donors (Lipinski definition) is 4. The molecule has 0 aromatic heterocycles. The van der Waals surface area contributed by atoms with Crippen LogP contribution < -0.4 is 15.8 Å². The van der Waals surface area contributed by atoms with Crippen molar-refractivity contribution in [3.05, 3.63) is 41.3 Å². The van der Waals surface area contributed by atoms with E-state index in [0.29, 0.717) is 0 Å². The molecule has 0 fully saturated rings. The van der Waals surface area contributed by atoms with Crippen molar-refractivity contribution >= 4 is 53.0 Å². The van der Waals surface area contributed by atoms with Gasteiger partial charge >= 0.3 is 0 Å². The van der Waals surface area contributed by atoms with E-state index < -0.39 is 20.0 Å². The summed E-state index contributed by atoms with van der Waals surface area (Å²) in [6.07, 6.45) is 0. The Morgan fingerprint density at radius 1 is 0.808 bits per heavy atom. The second-order valence-electron chi connectivity index (χ2n) is 5.43. The molecule has 3 aromatic carbocycles. The quantitative estimate of drug-likeness (QED) is 0.292. The van der Waals surface area contributed by atoms with Crippen molar-refractivity contribution in [2.24, 2.45) is 15.5 Å². The Balaban J connectivity index is 2.59. The third-order valence-corrected chi connectivity index (χ3v) is 5.71. The van der Waals surface area contributed by atoms with Crippen LogP contribution in [-0.2, 0) is 20.0 Å². The summed E-state index contributed by atoms with van der Waals surface area (Å²) in [5, 5.41) is 23.3. The molecule has 12 heteroatoms. The molecule has 0 aliphatic carbocycles. The predicted octanol–water partition coefficient (Wildman–Crippen LogP) is 1.49. The predicted molar refractivity (Wildman–Crippen MR) is 95.1 cm³/mol. The van der Waals surface area contributed by atoms with Crippen molar-refractivity contribution in [3.63, 3.8) is 0 Å². The lowest BCUT2D eigenvalue weighted by Crippen LogP contribution is -2.12. The fourth-order valence-corrected chi connectivity index (χ4v) is 3.82. The minimum atomic E-state index is -4.07. The van der Waals surface area contributed by atoms with Gasteiger partial charge in [-0.2, -0.15) is 0 Å². The lowest BCUT2D eigenvalue weighted by atomic mass is 9.99. The van der Waals surface area contributed by atoms with Crippen LogP contribution >= 0.6 is 0 Å². The monoisotopic (exact) mass is 396 g/mol. The van der Waals surface area contributed by atoms with Crippen molar-refractivity contribution in [1.29, 1.82) is 0 Å². The SMILES string of the molecule is NS(=O)(=O)c1ccc2c(NO)c3ccc(S(N)(=O)=O)cc3c(N=O)c2c1. The second-order valence-corrected chi connectivity index (χ2v) is 8.55. The molecule has 0 aliphatic rings. The topological polar surface area (TPSA) is 182 Å². The number of anilines is 1. The van der Waals surface area contributed by atoms with Crippen LogP contribution in [0.15, 0.2) is 51.4 Å². The summed E-state index contributed by atoms with van der Waals surface area (Å²) in [6.45, 7) is 0. The number of benzene rings is 3. The number of nitrogens with zero attached hydrogens (tertiary/aromatic N) is 1. The lowest BCUT2D eigenvalue weighted by molar-refractivity contribution is 0.390. The summed E-state index contributed by atoms with van der Waals surface area (Å²) in [4.78, 5) is 10.9. The molecule has 0 bridgehead atoms. The van der Waals surface area contributed by atoms with Gasteiger partial charge in [-0.1, -0.05) is 12.1 Å². The summed E-state index contributed by atoms with van der Waals surface area (Å²) >= 11 is 0. The molecule has 0 heterocycles. The van der Waals surface area contributed by atoms with Gasteiger partial charge in [0, 0.05) is 21.5 Å². The number of fused-ring (bicyclic) bond motifs is 2. The van der Waals surface area contributed by atoms with Gasteiger partial charge in [0.15, 0.2) is 0 Å². The number of nitroso groups, excluding NO2 is 1. The Kier molecular flexibility index (Phi) is 4.17. The highest BCUT2D eigenvalue weighted by Gasteiger charge is 2.19. The van der Waals surface area contributed by atoms with Crippen LogP contribution in [0.4, 0.5) is 11.4 Å². The fourth-order valence-electron chi connectivity index (χ4n) is 2.74. The minimum Gasteiger partial charge on any atom is -0.291 e. The normalized spacial score (nSPS) is 12.4. The molecule has 3 rings (SSSR count). The zero-order valence-electron chi connectivity index (χ0n) is 12.9. The molecule has 0 aliphatic heterocycles. The Morgan fingerprint density at radius 3 is 1.54 bits per heavy atom. The fraction of sp³-hybridized carbons (Fsp3) is 0. The van der Waals surface area contributed by atoms with E-state index in [1.807, 2.05) is 5.48 Å². The number of rotatable bonds is 4. The molecular formula is C14H12N4O6S2. The maximum Gasteiger partial charge on any atom is 0.238 e. The van der Waals surface area contributed by atoms with Crippen molar-refractivity contribution in [2.75, 3.05) is 5.48 Å². The molecule has 0 saturated heterocycles. The van der Waals surface area contributed by atoms with Crippen molar-refractivity contribution in [3.8, 4) is 0 Å². The molecule has 0 amide bonds.